The SMILES string of the molecule is Cc1cccn2cc(COc3ccccc3C(=O)N(C)Cc3nccn3CC(F)(F)F)nc12. The van der Waals surface area contributed by atoms with Gasteiger partial charge in [-0.15, -0.1) is 0 Å². The second-order valence-electron chi connectivity index (χ2n) is 7.69. The summed E-state index contributed by atoms with van der Waals surface area (Å²) >= 11 is 0. The Morgan fingerprint density at radius 3 is 2.70 bits per heavy atom. The summed E-state index contributed by atoms with van der Waals surface area (Å²) in [7, 11) is 1.51. The monoisotopic (exact) mass is 457 g/mol. The summed E-state index contributed by atoms with van der Waals surface area (Å²) in [6.45, 7) is 0.881. The van der Waals surface area contributed by atoms with Gasteiger partial charge in [0.05, 0.1) is 17.8 Å². The van der Waals surface area contributed by atoms with Crippen molar-refractivity contribution in [3.05, 3.63) is 83.8 Å². The average Bonchev–Trinajstić information content (AvgIpc) is 3.38. The van der Waals surface area contributed by atoms with Gasteiger partial charge in [-0.05, 0) is 30.7 Å². The largest absolute Gasteiger partial charge is 0.486 e. The molecule has 3 aromatic heterocycles. The van der Waals surface area contributed by atoms with Crippen molar-refractivity contribution in [2.24, 2.45) is 0 Å². The number of hydrogen-bond acceptors (Lipinski definition) is 4. The van der Waals surface area contributed by atoms with E-state index in [0.29, 0.717) is 17.0 Å². The van der Waals surface area contributed by atoms with Crippen LogP contribution < -0.4 is 4.74 Å². The van der Waals surface area contributed by atoms with Crippen molar-refractivity contribution < 1.29 is 22.7 Å². The molecule has 0 saturated carbocycles. The molecule has 33 heavy (non-hydrogen) atoms. The smallest absolute Gasteiger partial charge is 0.406 e. The number of pyridine rings is 1. The van der Waals surface area contributed by atoms with E-state index in [0.717, 1.165) is 15.8 Å². The summed E-state index contributed by atoms with van der Waals surface area (Å²) in [6, 6.07) is 10.6. The molecule has 0 atom stereocenters. The molecular weight excluding hydrogens is 435 g/mol. The molecule has 7 nitrogen and oxygen atoms in total. The van der Waals surface area contributed by atoms with Gasteiger partial charge in [0.15, 0.2) is 0 Å². The lowest BCUT2D eigenvalue weighted by atomic mass is 10.1. The van der Waals surface area contributed by atoms with Crippen LogP contribution >= 0.6 is 0 Å². The van der Waals surface area contributed by atoms with Crippen molar-refractivity contribution in [3.8, 4) is 5.75 Å². The van der Waals surface area contributed by atoms with Crippen LogP contribution in [-0.4, -0.2) is 43.0 Å². The van der Waals surface area contributed by atoms with E-state index in [1.807, 2.05) is 35.9 Å². The van der Waals surface area contributed by atoms with Gasteiger partial charge in [0, 0.05) is 31.8 Å². The minimum atomic E-state index is -4.38. The Morgan fingerprint density at radius 2 is 1.94 bits per heavy atom. The third-order valence-corrected chi connectivity index (χ3v) is 5.10. The standard InChI is InChI=1S/C23H22F3N5O2/c1-16-6-5-10-30-12-17(28-21(16)30)14-33-19-8-4-3-7-18(19)22(32)29(2)13-20-27-9-11-31(20)15-23(24,25)26/h3-12H,13-15H2,1-2H3. The predicted molar refractivity (Wildman–Crippen MR) is 115 cm³/mol. The molecule has 4 rings (SSSR count). The number of amides is 1. The van der Waals surface area contributed by atoms with Crippen molar-refractivity contribution in [1.29, 1.82) is 0 Å². The number of aromatic nitrogens is 4. The molecule has 1 aromatic carbocycles. The highest BCUT2D eigenvalue weighted by Gasteiger charge is 2.29. The molecule has 0 bridgehead atoms. The van der Waals surface area contributed by atoms with Crippen LogP contribution in [0.3, 0.4) is 0 Å². The van der Waals surface area contributed by atoms with Crippen molar-refractivity contribution in [2.45, 2.75) is 32.8 Å². The molecule has 0 radical (unpaired) electrons. The van der Waals surface area contributed by atoms with Crippen LogP contribution in [0.25, 0.3) is 5.65 Å². The Morgan fingerprint density at radius 1 is 1.15 bits per heavy atom. The van der Waals surface area contributed by atoms with E-state index >= 15 is 0 Å². The Bertz CT molecular complexity index is 1280. The second-order valence-corrected chi connectivity index (χ2v) is 7.69. The van der Waals surface area contributed by atoms with E-state index < -0.39 is 18.6 Å². The fourth-order valence-corrected chi connectivity index (χ4v) is 3.51. The lowest BCUT2D eigenvalue weighted by Crippen LogP contribution is -2.29. The Hall–Kier alpha value is -3.82. The van der Waals surface area contributed by atoms with E-state index in [2.05, 4.69) is 9.97 Å². The van der Waals surface area contributed by atoms with Gasteiger partial charge < -0.3 is 18.6 Å². The fraction of sp³-hybridized carbons (Fsp3) is 0.261. The first-order valence-corrected chi connectivity index (χ1v) is 10.2. The summed E-state index contributed by atoms with van der Waals surface area (Å²) in [6.07, 6.45) is 1.91. The molecule has 0 aliphatic rings. The van der Waals surface area contributed by atoms with Crippen LogP contribution in [-0.2, 0) is 19.7 Å². The average molecular weight is 457 g/mol. The highest BCUT2D eigenvalue weighted by atomic mass is 19.4. The number of carbonyl (C=O) groups is 1. The zero-order chi connectivity index (χ0) is 23.6. The second kappa shape index (κ2) is 8.97. The molecule has 4 aromatic rings. The number of hydrogen-bond donors (Lipinski definition) is 0. The lowest BCUT2D eigenvalue weighted by molar-refractivity contribution is -0.141. The number of ether oxygens (including phenoxy) is 1. The van der Waals surface area contributed by atoms with Crippen molar-refractivity contribution in [3.63, 3.8) is 0 Å². The molecule has 0 aliphatic carbocycles. The molecule has 1 amide bonds. The summed E-state index contributed by atoms with van der Waals surface area (Å²) in [5.41, 5.74) is 2.86. The van der Waals surface area contributed by atoms with Gasteiger partial charge in [0.1, 0.15) is 30.4 Å². The number of aryl methyl sites for hydroxylation is 1. The molecule has 0 fully saturated rings. The first-order chi connectivity index (χ1) is 15.7. The molecular formula is C23H22F3N5O2. The Kier molecular flexibility index (Phi) is 6.08. The maximum atomic E-state index is 13.1. The van der Waals surface area contributed by atoms with Crippen LogP contribution in [0.1, 0.15) is 27.4 Å². The van der Waals surface area contributed by atoms with Gasteiger partial charge in [-0.3, -0.25) is 4.79 Å². The molecule has 172 valence electrons. The van der Waals surface area contributed by atoms with Gasteiger partial charge in [0.2, 0.25) is 0 Å². The minimum absolute atomic E-state index is 0.0814. The Balaban J connectivity index is 1.48. The van der Waals surface area contributed by atoms with Crippen molar-refractivity contribution in [2.75, 3.05) is 7.05 Å². The van der Waals surface area contributed by atoms with E-state index in [4.69, 9.17) is 4.74 Å². The number of imidazole rings is 2. The topological polar surface area (TPSA) is 64.7 Å². The molecule has 10 heteroatoms. The number of rotatable bonds is 7. The van der Waals surface area contributed by atoms with E-state index in [-0.39, 0.29) is 19.0 Å². The number of benzene rings is 1. The lowest BCUT2D eigenvalue weighted by Gasteiger charge is -2.20. The third kappa shape index (κ3) is 5.16. The summed E-state index contributed by atoms with van der Waals surface area (Å²) < 4.78 is 47.1. The number of para-hydroxylation sites is 1. The van der Waals surface area contributed by atoms with Gasteiger partial charge >= 0.3 is 6.18 Å². The van der Waals surface area contributed by atoms with Crippen LogP contribution in [0.5, 0.6) is 5.75 Å². The minimum Gasteiger partial charge on any atom is -0.486 e. The summed E-state index contributed by atoms with van der Waals surface area (Å²) in [4.78, 5) is 22.9. The molecule has 0 saturated heterocycles. The number of nitrogens with zero attached hydrogens (tertiary/aromatic N) is 5. The first-order valence-electron chi connectivity index (χ1n) is 10.2. The van der Waals surface area contributed by atoms with Crippen LogP contribution in [0.15, 0.2) is 61.2 Å². The van der Waals surface area contributed by atoms with E-state index in [1.54, 1.807) is 24.3 Å². The fourth-order valence-electron chi connectivity index (χ4n) is 3.51. The van der Waals surface area contributed by atoms with Crippen LogP contribution in [0.2, 0.25) is 0 Å². The normalized spacial score (nSPS) is 11.7. The number of alkyl halides is 3. The maximum absolute atomic E-state index is 13.1. The van der Waals surface area contributed by atoms with Gasteiger partial charge in [-0.25, -0.2) is 9.97 Å². The molecule has 0 spiro atoms. The molecule has 0 N–H and O–H groups in total. The quantitative estimate of drug-likeness (QED) is 0.416. The van der Waals surface area contributed by atoms with Crippen molar-refractivity contribution in [1.82, 2.24) is 23.8 Å². The zero-order valence-corrected chi connectivity index (χ0v) is 18.1. The maximum Gasteiger partial charge on any atom is 0.406 e. The first kappa shape index (κ1) is 22.4. The number of halogens is 3. The van der Waals surface area contributed by atoms with Gasteiger partial charge in [-0.2, -0.15) is 13.2 Å². The molecule has 0 unspecified atom stereocenters. The van der Waals surface area contributed by atoms with Crippen LogP contribution in [0.4, 0.5) is 13.2 Å². The molecule has 3 heterocycles. The van der Waals surface area contributed by atoms with Crippen molar-refractivity contribution >= 4 is 11.6 Å². The van der Waals surface area contributed by atoms with E-state index in [9.17, 15) is 18.0 Å². The number of carbonyl (C=O) groups excluding carboxylic acids is 1. The highest BCUT2D eigenvalue weighted by molar-refractivity contribution is 5.96. The zero-order valence-electron chi connectivity index (χ0n) is 18.1. The Labute approximate surface area is 188 Å². The van der Waals surface area contributed by atoms with Gasteiger partial charge in [0.25, 0.3) is 5.91 Å². The predicted octanol–water partition coefficient (Wildman–Crippen LogP) is 4.25. The molecule has 0 aliphatic heterocycles. The van der Waals surface area contributed by atoms with Gasteiger partial charge in [-0.1, -0.05) is 18.2 Å². The highest BCUT2D eigenvalue weighted by Crippen LogP contribution is 2.23. The summed E-state index contributed by atoms with van der Waals surface area (Å²) in [5.74, 6) is 0.112. The summed E-state index contributed by atoms with van der Waals surface area (Å²) in [5, 5.41) is 0. The van der Waals surface area contributed by atoms with Crippen LogP contribution in [0, 0.1) is 6.92 Å². The third-order valence-electron chi connectivity index (χ3n) is 5.10. The number of fused-ring (bicyclic) bond motifs is 1. The van der Waals surface area contributed by atoms with E-state index in [1.165, 1.54) is 24.3 Å².